The molecule has 0 spiro atoms. The number of rotatable bonds is 5. The van der Waals surface area contributed by atoms with Crippen molar-refractivity contribution in [2.45, 2.75) is 32.3 Å². The summed E-state index contributed by atoms with van der Waals surface area (Å²) in [5, 5.41) is 9.14. The Morgan fingerprint density at radius 2 is 1.71 bits per heavy atom. The minimum Gasteiger partial charge on any atom is -0.392 e. The van der Waals surface area contributed by atoms with Crippen LogP contribution in [0.15, 0.2) is 48.5 Å². The molecule has 146 valence electrons. The summed E-state index contributed by atoms with van der Waals surface area (Å²) in [5.74, 6) is 0.691. The zero-order valence-corrected chi connectivity index (χ0v) is 16.0. The highest BCUT2D eigenvalue weighted by molar-refractivity contribution is 5.97. The van der Waals surface area contributed by atoms with Crippen molar-refractivity contribution in [2.75, 3.05) is 24.5 Å². The van der Waals surface area contributed by atoms with E-state index < -0.39 is 0 Å². The molecule has 4 rings (SSSR count). The van der Waals surface area contributed by atoms with Gasteiger partial charge in [-0.05, 0) is 60.6 Å². The molecule has 5 heteroatoms. The quantitative estimate of drug-likeness (QED) is 0.870. The first-order chi connectivity index (χ1) is 13.6. The van der Waals surface area contributed by atoms with E-state index in [4.69, 9.17) is 5.11 Å². The summed E-state index contributed by atoms with van der Waals surface area (Å²) in [6.45, 7) is 2.38. The molecule has 0 saturated carbocycles. The first-order valence-electron chi connectivity index (χ1n) is 10.0. The smallest absolute Gasteiger partial charge is 0.253 e. The Bertz CT molecular complexity index is 845. The maximum Gasteiger partial charge on any atom is 0.253 e. The Balaban J connectivity index is 1.35. The van der Waals surface area contributed by atoms with Gasteiger partial charge in [0.1, 0.15) is 0 Å². The van der Waals surface area contributed by atoms with E-state index in [1.54, 1.807) is 4.90 Å². The second-order valence-electron chi connectivity index (χ2n) is 7.78. The van der Waals surface area contributed by atoms with Crippen molar-refractivity contribution in [3.63, 3.8) is 0 Å². The molecule has 2 heterocycles. The SMILES string of the molecule is O=C(c1ccc(N2CCCC2=O)cc1)N1CC[C@@H](Cc2ccc(CO)cc2)C1. The van der Waals surface area contributed by atoms with Crippen LogP contribution in [0.1, 0.15) is 40.7 Å². The first-order valence-corrected chi connectivity index (χ1v) is 10.0. The summed E-state index contributed by atoms with van der Waals surface area (Å²) in [5.41, 5.74) is 3.73. The number of aliphatic hydroxyl groups excluding tert-OH is 1. The maximum atomic E-state index is 12.8. The number of nitrogens with zero attached hydrogens (tertiary/aromatic N) is 2. The molecule has 0 radical (unpaired) electrons. The number of benzene rings is 2. The Labute approximate surface area is 165 Å². The van der Waals surface area contributed by atoms with Crippen molar-refractivity contribution in [3.05, 3.63) is 65.2 Å². The summed E-state index contributed by atoms with van der Waals surface area (Å²) in [4.78, 5) is 28.4. The van der Waals surface area contributed by atoms with Gasteiger partial charge in [-0.15, -0.1) is 0 Å². The van der Waals surface area contributed by atoms with Gasteiger partial charge in [-0.3, -0.25) is 9.59 Å². The highest BCUT2D eigenvalue weighted by atomic mass is 16.3. The zero-order valence-electron chi connectivity index (χ0n) is 16.0. The maximum absolute atomic E-state index is 12.8. The van der Waals surface area contributed by atoms with E-state index in [2.05, 4.69) is 12.1 Å². The van der Waals surface area contributed by atoms with Crippen LogP contribution in [0, 0.1) is 5.92 Å². The number of hydrogen-bond acceptors (Lipinski definition) is 3. The Kier molecular flexibility index (Phi) is 5.44. The molecule has 2 aromatic carbocycles. The third-order valence-corrected chi connectivity index (χ3v) is 5.80. The predicted octanol–water partition coefficient (Wildman–Crippen LogP) is 3.01. The summed E-state index contributed by atoms with van der Waals surface area (Å²) in [7, 11) is 0. The van der Waals surface area contributed by atoms with Crippen molar-refractivity contribution in [1.82, 2.24) is 4.90 Å². The van der Waals surface area contributed by atoms with Crippen molar-refractivity contribution >= 4 is 17.5 Å². The number of aliphatic hydroxyl groups is 1. The third kappa shape index (κ3) is 3.94. The third-order valence-electron chi connectivity index (χ3n) is 5.80. The summed E-state index contributed by atoms with van der Waals surface area (Å²) in [6.07, 6.45) is 3.47. The number of carbonyl (C=O) groups excluding carboxylic acids is 2. The molecular weight excluding hydrogens is 352 g/mol. The minimum absolute atomic E-state index is 0.0662. The Morgan fingerprint density at radius 3 is 2.36 bits per heavy atom. The van der Waals surface area contributed by atoms with Crippen LogP contribution in [-0.4, -0.2) is 41.5 Å². The standard InChI is InChI=1S/C23H26N2O3/c26-16-18-5-3-17(4-6-18)14-19-11-13-24(15-19)23(28)20-7-9-21(10-8-20)25-12-1-2-22(25)27/h3-10,19,26H,1-2,11-16H2/t19-/m0/s1. The second-order valence-corrected chi connectivity index (χ2v) is 7.78. The normalized spacial score (nSPS) is 19.5. The molecule has 0 aliphatic carbocycles. The fraction of sp³-hybridized carbons (Fsp3) is 0.391. The van der Waals surface area contributed by atoms with E-state index in [0.717, 1.165) is 50.1 Å². The molecule has 2 saturated heterocycles. The van der Waals surface area contributed by atoms with Crippen molar-refractivity contribution < 1.29 is 14.7 Å². The van der Waals surface area contributed by atoms with Crippen LogP contribution in [0.3, 0.4) is 0 Å². The van der Waals surface area contributed by atoms with Gasteiger partial charge in [0.05, 0.1) is 6.61 Å². The van der Waals surface area contributed by atoms with E-state index in [-0.39, 0.29) is 18.4 Å². The predicted molar refractivity (Wildman–Crippen MR) is 108 cm³/mol. The lowest BCUT2D eigenvalue weighted by Crippen LogP contribution is -2.29. The van der Waals surface area contributed by atoms with Crippen LogP contribution >= 0.6 is 0 Å². The number of amides is 2. The highest BCUT2D eigenvalue weighted by Gasteiger charge is 2.27. The fourth-order valence-corrected chi connectivity index (χ4v) is 4.19. The molecule has 2 aliphatic rings. The molecule has 1 N–H and O–H groups in total. The van der Waals surface area contributed by atoms with Gasteiger partial charge in [0.15, 0.2) is 0 Å². The number of anilines is 1. The van der Waals surface area contributed by atoms with E-state index in [9.17, 15) is 9.59 Å². The number of carbonyl (C=O) groups is 2. The molecule has 28 heavy (non-hydrogen) atoms. The Hall–Kier alpha value is -2.66. The molecule has 2 amide bonds. The molecule has 2 aromatic rings. The summed E-state index contributed by atoms with van der Waals surface area (Å²) in [6, 6.07) is 15.5. The molecule has 5 nitrogen and oxygen atoms in total. The molecule has 2 aliphatic heterocycles. The minimum atomic E-state index is 0.0662. The van der Waals surface area contributed by atoms with E-state index >= 15 is 0 Å². The van der Waals surface area contributed by atoms with Crippen molar-refractivity contribution in [3.8, 4) is 0 Å². The number of likely N-dealkylation sites (tertiary alicyclic amines) is 1. The van der Waals surface area contributed by atoms with Gasteiger partial charge >= 0.3 is 0 Å². The van der Waals surface area contributed by atoms with Gasteiger partial charge in [-0.1, -0.05) is 24.3 Å². The van der Waals surface area contributed by atoms with E-state index in [1.807, 2.05) is 41.3 Å². The van der Waals surface area contributed by atoms with Gasteiger partial charge in [-0.25, -0.2) is 0 Å². The van der Waals surface area contributed by atoms with E-state index in [0.29, 0.717) is 17.9 Å². The Morgan fingerprint density at radius 1 is 1.00 bits per heavy atom. The zero-order chi connectivity index (χ0) is 19.5. The first kappa shape index (κ1) is 18.7. The van der Waals surface area contributed by atoms with Crippen LogP contribution in [0.2, 0.25) is 0 Å². The average Bonchev–Trinajstić information content (AvgIpc) is 3.37. The van der Waals surface area contributed by atoms with Gasteiger partial charge in [0.25, 0.3) is 5.91 Å². The van der Waals surface area contributed by atoms with Crippen LogP contribution in [0.4, 0.5) is 5.69 Å². The molecule has 0 bridgehead atoms. The molecule has 2 fully saturated rings. The topological polar surface area (TPSA) is 60.9 Å². The summed E-state index contributed by atoms with van der Waals surface area (Å²) < 4.78 is 0. The fourth-order valence-electron chi connectivity index (χ4n) is 4.19. The second kappa shape index (κ2) is 8.15. The largest absolute Gasteiger partial charge is 0.392 e. The van der Waals surface area contributed by atoms with Gasteiger partial charge in [-0.2, -0.15) is 0 Å². The monoisotopic (exact) mass is 378 g/mol. The lowest BCUT2D eigenvalue weighted by atomic mass is 9.98. The van der Waals surface area contributed by atoms with Crippen LogP contribution in [0.5, 0.6) is 0 Å². The molecule has 1 atom stereocenters. The van der Waals surface area contributed by atoms with Crippen molar-refractivity contribution in [2.24, 2.45) is 5.92 Å². The lowest BCUT2D eigenvalue weighted by Gasteiger charge is -2.19. The van der Waals surface area contributed by atoms with Gasteiger partial charge < -0.3 is 14.9 Å². The lowest BCUT2D eigenvalue weighted by molar-refractivity contribution is -0.117. The van der Waals surface area contributed by atoms with Gasteiger partial charge in [0, 0.05) is 37.3 Å². The average molecular weight is 378 g/mol. The van der Waals surface area contributed by atoms with Crippen LogP contribution < -0.4 is 4.90 Å². The number of hydrogen-bond donors (Lipinski definition) is 1. The van der Waals surface area contributed by atoms with E-state index in [1.165, 1.54) is 5.56 Å². The van der Waals surface area contributed by atoms with Crippen LogP contribution in [-0.2, 0) is 17.8 Å². The molecular formula is C23H26N2O3. The van der Waals surface area contributed by atoms with Crippen LogP contribution in [0.25, 0.3) is 0 Å². The van der Waals surface area contributed by atoms with Gasteiger partial charge in [0.2, 0.25) is 5.91 Å². The molecule has 0 unspecified atom stereocenters. The molecule has 0 aromatic heterocycles. The van der Waals surface area contributed by atoms with Crippen molar-refractivity contribution in [1.29, 1.82) is 0 Å². The summed E-state index contributed by atoms with van der Waals surface area (Å²) >= 11 is 0. The highest BCUT2D eigenvalue weighted by Crippen LogP contribution is 2.25.